The molecule has 4 nitrogen and oxygen atoms in total. The van der Waals surface area contributed by atoms with Gasteiger partial charge in [-0.15, -0.1) is 0 Å². The van der Waals surface area contributed by atoms with Gasteiger partial charge in [0, 0.05) is 5.02 Å². The maximum atomic E-state index is 11.5. The van der Waals surface area contributed by atoms with E-state index in [9.17, 15) is 13.5 Å². The molecule has 0 bridgehead atoms. The van der Waals surface area contributed by atoms with E-state index in [1.807, 2.05) is 19.1 Å². The van der Waals surface area contributed by atoms with Crippen molar-refractivity contribution in [3.05, 3.63) is 28.3 Å². The number of rotatable bonds is 4. The van der Waals surface area contributed by atoms with E-state index in [1.165, 1.54) is 0 Å². The third kappa shape index (κ3) is 4.15. The van der Waals surface area contributed by atoms with Crippen LogP contribution in [0.1, 0.15) is 43.7 Å². The summed E-state index contributed by atoms with van der Waals surface area (Å²) in [4.78, 5) is 0. The zero-order valence-corrected chi connectivity index (χ0v) is 14.8. The van der Waals surface area contributed by atoms with Gasteiger partial charge in [0.25, 0.3) is 0 Å². The standard InChI is InChI=1S/C16H23ClO4S/c1-11(2)13-9-15(12(3)8-14(13)17)21-10-16(18)4-6-22(19,20)7-5-16/h8-9,11,18H,4-7,10H2,1-3H3. The van der Waals surface area contributed by atoms with Gasteiger partial charge in [0.1, 0.15) is 18.0 Å². The number of ether oxygens (including phenoxy) is 1. The number of aryl methyl sites for hydroxylation is 1. The number of hydrogen-bond acceptors (Lipinski definition) is 4. The first-order valence-electron chi connectivity index (χ1n) is 7.47. The van der Waals surface area contributed by atoms with Crippen LogP contribution in [0.15, 0.2) is 12.1 Å². The van der Waals surface area contributed by atoms with Crippen LogP contribution in [-0.4, -0.2) is 37.2 Å². The first kappa shape index (κ1) is 17.6. The average Bonchev–Trinajstić information content (AvgIpc) is 2.41. The maximum absolute atomic E-state index is 11.5. The Morgan fingerprint density at radius 3 is 2.45 bits per heavy atom. The molecule has 1 fully saturated rings. The van der Waals surface area contributed by atoms with Gasteiger partial charge in [0.05, 0.1) is 11.5 Å². The van der Waals surface area contributed by atoms with Crippen LogP contribution in [0.3, 0.4) is 0 Å². The highest BCUT2D eigenvalue weighted by Crippen LogP contribution is 2.32. The minimum absolute atomic E-state index is 0.0176. The number of sulfone groups is 1. The van der Waals surface area contributed by atoms with Gasteiger partial charge in [-0.1, -0.05) is 25.4 Å². The lowest BCUT2D eigenvalue weighted by atomic mass is 9.98. The van der Waals surface area contributed by atoms with Crippen LogP contribution in [0.5, 0.6) is 5.75 Å². The SMILES string of the molecule is Cc1cc(Cl)c(C(C)C)cc1OCC1(O)CCS(=O)(=O)CC1. The maximum Gasteiger partial charge on any atom is 0.150 e. The lowest BCUT2D eigenvalue weighted by Gasteiger charge is -2.31. The largest absolute Gasteiger partial charge is 0.490 e. The van der Waals surface area contributed by atoms with E-state index in [2.05, 4.69) is 13.8 Å². The number of hydrogen-bond donors (Lipinski definition) is 1. The third-order valence-corrected chi connectivity index (χ3v) is 6.15. The summed E-state index contributed by atoms with van der Waals surface area (Å²) in [7, 11) is -3.00. The Balaban J connectivity index is 2.10. The predicted octanol–water partition coefficient (Wildman–Crippen LogP) is 3.09. The molecule has 1 saturated heterocycles. The second-order valence-electron chi connectivity index (χ2n) is 6.46. The number of halogens is 1. The zero-order chi connectivity index (χ0) is 16.5. The normalized spacial score (nSPS) is 20.1. The molecule has 6 heteroatoms. The predicted molar refractivity (Wildman–Crippen MR) is 88.6 cm³/mol. The van der Waals surface area contributed by atoms with Gasteiger partial charge in [-0.3, -0.25) is 0 Å². The van der Waals surface area contributed by atoms with Crippen LogP contribution < -0.4 is 4.74 Å². The molecule has 1 N–H and O–H groups in total. The molecular weight excluding hydrogens is 324 g/mol. The first-order chi connectivity index (χ1) is 10.1. The van der Waals surface area contributed by atoms with Crippen molar-refractivity contribution in [3.63, 3.8) is 0 Å². The summed E-state index contributed by atoms with van der Waals surface area (Å²) >= 11 is 6.23. The van der Waals surface area contributed by atoms with Crippen molar-refractivity contribution in [3.8, 4) is 5.75 Å². The van der Waals surface area contributed by atoms with Crippen molar-refractivity contribution < 1.29 is 18.3 Å². The van der Waals surface area contributed by atoms with E-state index in [-0.39, 0.29) is 36.9 Å². The van der Waals surface area contributed by atoms with Crippen LogP contribution >= 0.6 is 11.6 Å². The van der Waals surface area contributed by atoms with Crippen LogP contribution in [0.4, 0.5) is 0 Å². The molecule has 0 saturated carbocycles. The van der Waals surface area contributed by atoms with Crippen LogP contribution in [-0.2, 0) is 9.84 Å². The molecule has 1 aromatic rings. The lowest BCUT2D eigenvalue weighted by molar-refractivity contribution is -0.0130. The highest BCUT2D eigenvalue weighted by Gasteiger charge is 2.36. The summed E-state index contributed by atoms with van der Waals surface area (Å²) in [6.45, 7) is 6.11. The molecule has 22 heavy (non-hydrogen) atoms. The molecule has 0 aliphatic carbocycles. The van der Waals surface area contributed by atoms with Crippen molar-refractivity contribution >= 4 is 21.4 Å². The number of aliphatic hydroxyl groups is 1. The van der Waals surface area contributed by atoms with Crippen LogP contribution in [0.25, 0.3) is 0 Å². The molecule has 0 aromatic heterocycles. The fourth-order valence-electron chi connectivity index (χ4n) is 2.54. The summed E-state index contributed by atoms with van der Waals surface area (Å²) in [6, 6.07) is 3.77. The topological polar surface area (TPSA) is 63.6 Å². The van der Waals surface area contributed by atoms with Gasteiger partial charge in [-0.25, -0.2) is 8.42 Å². The summed E-state index contributed by atoms with van der Waals surface area (Å²) in [5.41, 5.74) is 0.831. The molecule has 1 aliphatic heterocycles. The molecule has 0 radical (unpaired) electrons. The molecule has 0 amide bonds. The van der Waals surface area contributed by atoms with Gasteiger partial charge in [-0.2, -0.15) is 0 Å². The van der Waals surface area contributed by atoms with E-state index < -0.39 is 15.4 Å². The van der Waals surface area contributed by atoms with Crippen LogP contribution in [0.2, 0.25) is 5.02 Å². The van der Waals surface area contributed by atoms with Gasteiger partial charge in [0.2, 0.25) is 0 Å². The summed E-state index contributed by atoms with van der Waals surface area (Å²) < 4.78 is 28.7. The molecule has 1 heterocycles. The van der Waals surface area contributed by atoms with Gasteiger partial charge in [0.15, 0.2) is 9.84 Å². The average molecular weight is 347 g/mol. The molecule has 0 spiro atoms. The van der Waals surface area contributed by atoms with Crippen molar-refractivity contribution in [2.45, 2.75) is 45.1 Å². The second-order valence-corrected chi connectivity index (χ2v) is 9.17. The molecule has 2 rings (SSSR count). The van der Waals surface area contributed by atoms with Crippen molar-refractivity contribution in [2.75, 3.05) is 18.1 Å². The summed E-state index contributed by atoms with van der Waals surface area (Å²) in [6.07, 6.45) is 0.442. The second kappa shape index (κ2) is 6.38. The fourth-order valence-corrected chi connectivity index (χ4v) is 4.56. The van der Waals surface area contributed by atoms with Gasteiger partial charge in [-0.05, 0) is 48.9 Å². The van der Waals surface area contributed by atoms with Crippen LogP contribution in [0, 0.1) is 6.92 Å². The van der Waals surface area contributed by atoms with Gasteiger partial charge < -0.3 is 9.84 Å². The van der Waals surface area contributed by atoms with E-state index in [0.717, 1.165) is 11.1 Å². The molecule has 124 valence electrons. The Morgan fingerprint density at radius 1 is 1.32 bits per heavy atom. The molecular formula is C16H23ClO4S. The Kier molecular flexibility index (Phi) is 5.09. The smallest absolute Gasteiger partial charge is 0.150 e. The van der Waals surface area contributed by atoms with E-state index >= 15 is 0 Å². The Bertz CT molecular complexity index is 638. The summed E-state index contributed by atoms with van der Waals surface area (Å²) in [5, 5.41) is 11.2. The molecule has 0 atom stereocenters. The molecule has 0 unspecified atom stereocenters. The highest BCUT2D eigenvalue weighted by molar-refractivity contribution is 7.91. The van der Waals surface area contributed by atoms with E-state index in [1.54, 1.807) is 0 Å². The third-order valence-electron chi connectivity index (χ3n) is 4.17. The van der Waals surface area contributed by atoms with E-state index in [0.29, 0.717) is 10.8 Å². The van der Waals surface area contributed by atoms with Crippen molar-refractivity contribution in [1.29, 1.82) is 0 Å². The quantitative estimate of drug-likeness (QED) is 0.909. The Morgan fingerprint density at radius 2 is 1.91 bits per heavy atom. The first-order valence-corrected chi connectivity index (χ1v) is 9.67. The van der Waals surface area contributed by atoms with E-state index in [4.69, 9.17) is 16.3 Å². The Labute approximate surface area is 137 Å². The minimum Gasteiger partial charge on any atom is -0.490 e. The molecule has 1 aromatic carbocycles. The van der Waals surface area contributed by atoms with Gasteiger partial charge >= 0.3 is 0 Å². The number of benzene rings is 1. The minimum atomic E-state index is -3.00. The summed E-state index contributed by atoms with van der Waals surface area (Å²) in [5.74, 6) is 1.00. The van der Waals surface area contributed by atoms with Crippen molar-refractivity contribution in [2.24, 2.45) is 0 Å². The zero-order valence-electron chi connectivity index (χ0n) is 13.2. The monoisotopic (exact) mass is 346 g/mol. The lowest BCUT2D eigenvalue weighted by Crippen LogP contribution is -2.43. The highest BCUT2D eigenvalue weighted by atomic mass is 35.5. The molecule has 1 aliphatic rings. The van der Waals surface area contributed by atoms with Crippen molar-refractivity contribution in [1.82, 2.24) is 0 Å². The Hall–Kier alpha value is -0.780. The fraction of sp³-hybridized carbons (Fsp3) is 0.625.